The van der Waals surface area contributed by atoms with E-state index in [1.54, 1.807) is 0 Å². The second-order valence-electron chi connectivity index (χ2n) is 7.14. The summed E-state index contributed by atoms with van der Waals surface area (Å²) in [6.07, 6.45) is 8.30. The molecule has 0 nitrogen and oxygen atoms in total. The summed E-state index contributed by atoms with van der Waals surface area (Å²) in [5.74, 6) is 1.58. The molecule has 0 rings (SSSR count). The lowest BCUT2D eigenvalue weighted by molar-refractivity contribution is 0.131. The highest BCUT2D eigenvalue weighted by atomic mass is 14.4. The average molecular weight is 238 g/mol. The molecule has 0 aliphatic rings. The van der Waals surface area contributed by atoms with Crippen LogP contribution in [0.15, 0.2) is 12.2 Å². The van der Waals surface area contributed by atoms with E-state index in [1.807, 2.05) is 0 Å². The van der Waals surface area contributed by atoms with Crippen molar-refractivity contribution < 1.29 is 0 Å². The first-order chi connectivity index (χ1) is 7.67. The van der Waals surface area contributed by atoms with Gasteiger partial charge in [-0.25, -0.2) is 0 Å². The predicted octanol–water partition coefficient (Wildman–Crippen LogP) is 6.08. The molecule has 0 heteroatoms. The van der Waals surface area contributed by atoms with Gasteiger partial charge in [0, 0.05) is 0 Å². The van der Waals surface area contributed by atoms with E-state index in [4.69, 9.17) is 0 Å². The molecule has 2 atom stereocenters. The first kappa shape index (κ1) is 16.7. The van der Waals surface area contributed by atoms with Crippen molar-refractivity contribution in [2.75, 3.05) is 0 Å². The van der Waals surface area contributed by atoms with Gasteiger partial charge in [-0.2, -0.15) is 0 Å². The minimum atomic E-state index is 0.421. The van der Waals surface area contributed by atoms with Crippen molar-refractivity contribution in [3.63, 3.8) is 0 Å². The first-order valence-corrected chi connectivity index (χ1v) is 7.28. The lowest BCUT2D eigenvalue weighted by Gasteiger charge is -2.38. The van der Waals surface area contributed by atoms with E-state index < -0.39 is 0 Å². The first-order valence-electron chi connectivity index (χ1n) is 7.28. The van der Waals surface area contributed by atoms with Crippen molar-refractivity contribution >= 4 is 0 Å². The van der Waals surface area contributed by atoms with Gasteiger partial charge >= 0.3 is 0 Å². The Morgan fingerprint density at radius 1 is 0.941 bits per heavy atom. The molecule has 0 bridgehead atoms. The van der Waals surface area contributed by atoms with Crippen LogP contribution in [0.4, 0.5) is 0 Å². The summed E-state index contributed by atoms with van der Waals surface area (Å²) < 4.78 is 0. The Kier molecular flexibility index (Phi) is 6.51. The van der Waals surface area contributed by atoms with Crippen LogP contribution in [-0.4, -0.2) is 0 Å². The van der Waals surface area contributed by atoms with E-state index in [0.717, 1.165) is 11.8 Å². The minimum absolute atomic E-state index is 0.421. The summed E-state index contributed by atoms with van der Waals surface area (Å²) in [5.41, 5.74) is 0.898. The minimum Gasteiger partial charge on any atom is -0.0916 e. The van der Waals surface area contributed by atoms with Crippen LogP contribution < -0.4 is 0 Å². The molecule has 0 aromatic carbocycles. The zero-order chi connectivity index (χ0) is 13.7. The second-order valence-corrected chi connectivity index (χ2v) is 7.14. The Balaban J connectivity index is 4.47. The molecule has 17 heavy (non-hydrogen) atoms. The van der Waals surface area contributed by atoms with Crippen LogP contribution in [0.3, 0.4) is 0 Å². The van der Waals surface area contributed by atoms with E-state index in [0.29, 0.717) is 10.8 Å². The quantitative estimate of drug-likeness (QED) is 0.472. The largest absolute Gasteiger partial charge is 0.0916 e. The van der Waals surface area contributed by atoms with Crippen LogP contribution in [-0.2, 0) is 0 Å². The zero-order valence-electron chi connectivity index (χ0n) is 13.4. The summed E-state index contributed by atoms with van der Waals surface area (Å²) in [7, 11) is 0. The molecule has 0 aromatic rings. The van der Waals surface area contributed by atoms with Crippen molar-refractivity contribution in [1.82, 2.24) is 0 Å². The zero-order valence-corrected chi connectivity index (χ0v) is 13.4. The average Bonchev–Trinajstić information content (AvgIpc) is 2.26. The Hall–Kier alpha value is -0.260. The third-order valence-corrected chi connectivity index (χ3v) is 5.17. The van der Waals surface area contributed by atoms with Crippen LogP contribution in [0, 0.1) is 22.7 Å². The molecule has 0 saturated carbocycles. The maximum absolute atomic E-state index is 2.42. The van der Waals surface area contributed by atoms with Gasteiger partial charge in [-0.3, -0.25) is 0 Å². The molecule has 0 aromatic heterocycles. The number of allylic oxidation sites excluding steroid dienone is 2. The van der Waals surface area contributed by atoms with Crippen molar-refractivity contribution in [2.45, 2.75) is 74.7 Å². The van der Waals surface area contributed by atoms with Crippen molar-refractivity contribution in [3.05, 3.63) is 12.2 Å². The smallest absolute Gasteiger partial charge is 0.0294 e. The molecule has 0 saturated heterocycles. The molecular weight excluding hydrogens is 204 g/mol. The lowest BCUT2D eigenvalue weighted by Crippen LogP contribution is -2.28. The second kappa shape index (κ2) is 6.61. The third kappa shape index (κ3) is 5.27. The Morgan fingerprint density at radius 3 is 1.82 bits per heavy atom. The molecule has 0 aliphatic carbocycles. The summed E-state index contributed by atoms with van der Waals surface area (Å²) in [6, 6.07) is 0. The normalized spacial score (nSPS) is 17.4. The summed E-state index contributed by atoms with van der Waals surface area (Å²) in [5, 5.41) is 0. The molecule has 0 aliphatic heterocycles. The van der Waals surface area contributed by atoms with Gasteiger partial charge in [-0.1, -0.05) is 67.0 Å². The lowest BCUT2D eigenvalue weighted by atomic mass is 9.68. The van der Waals surface area contributed by atoms with E-state index in [2.05, 4.69) is 67.5 Å². The number of rotatable bonds is 7. The van der Waals surface area contributed by atoms with E-state index >= 15 is 0 Å². The van der Waals surface area contributed by atoms with Gasteiger partial charge in [0.1, 0.15) is 0 Å². The summed E-state index contributed by atoms with van der Waals surface area (Å²) in [6.45, 7) is 18.9. The fraction of sp³-hybridized carbons (Fsp3) is 0.882. The highest BCUT2D eigenvalue weighted by Gasteiger charge is 2.30. The Bertz CT molecular complexity index is 232. The highest BCUT2D eigenvalue weighted by Crippen LogP contribution is 2.40. The SMILES string of the molecule is CC=CCC(C)(C)C(C)CC(C)C(C)(C)CC. The van der Waals surface area contributed by atoms with Crippen LogP contribution in [0.1, 0.15) is 74.7 Å². The van der Waals surface area contributed by atoms with Crippen molar-refractivity contribution in [1.29, 1.82) is 0 Å². The fourth-order valence-corrected chi connectivity index (χ4v) is 2.14. The van der Waals surface area contributed by atoms with Crippen LogP contribution in [0.2, 0.25) is 0 Å². The monoisotopic (exact) mass is 238 g/mol. The molecule has 0 radical (unpaired) electrons. The maximum Gasteiger partial charge on any atom is -0.0294 e. The Labute approximate surface area is 110 Å². The number of hydrogen-bond donors (Lipinski definition) is 0. The van der Waals surface area contributed by atoms with Crippen LogP contribution in [0.5, 0.6) is 0 Å². The predicted molar refractivity (Wildman–Crippen MR) is 80.2 cm³/mol. The van der Waals surface area contributed by atoms with Gasteiger partial charge in [-0.15, -0.1) is 0 Å². The molecule has 2 unspecified atom stereocenters. The van der Waals surface area contributed by atoms with Gasteiger partial charge in [0.15, 0.2) is 0 Å². The molecule has 0 spiro atoms. The van der Waals surface area contributed by atoms with Crippen molar-refractivity contribution in [2.24, 2.45) is 22.7 Å². The van der Waals surface area contributed by atoms with E-state index in [9.17, 15) is 0 Å². The van der Waals surface area contributed by atoms with Crippen LogP contribution in [0.25, 0.3) is 0 Å². The Morgan fingerprint density at radius 2 is 1.41 bits per heavy atom. The number of hydrogen-bond acceptors (Lipinski definition) is 0. The van der Waals surface area contributed by atoms with Crippen molar-refractivity contribution in [3.8, 4) is 0 Å². The molecular formula is C17H34. The topological polar surface area (TPSA) is 0 Å². The van der Waals surface area contributed by atoms with Gasteiger partial charge in [0.25, 0.3) is 0 Å². The molecule has 0 fully saturated rings. The van der Waals surface area contributed by atoms with Gasteiger partial charge in [-0.05, 0) is 42.4 Å². The molecule has 0 heterocycles. The summed E-state index contributed by atoms with van der Waals surface area (Å²) in [4.78, 5) is 0. The van der Waals surface area contributed by atoms with Gasteiger partial charge in [0.05, 0.1) is 0 Å². The third-order valence-electron chi connectivity index (χ3n) is 5.17. The molecule has 0 N–H and O–H groups in total. The summed E-state index contributed by atoms with van der Waals surface area (Å²) >= 11 is 0. The standard InChI is InChI=1S/C17H34/c1-9-11-12-17(7,8)15(4)13-14(3)16(5,6)10-2/h9,11,14-15H,10,12-13H2,1-8H3. The fourth-order valence-electron chi connectivity index (χ4n) is 2.14. The van der Waals surface area contributed by atoms with Crippen LogP contribution >= 0.6 is 0 Å². The van der Waals surface area contributed by atoms with E-state index in [-0.39, 0.29) is 0 Å². The highest BCUT2D eigenvalue weighted by molar-refractivity contribution is 4.89. The molecule has 0 amide bonds. The van der Waals surface area contributed by atoms with Gasteiger partial charge < -0.3 is 0 Å². The van der Waals surface area contributed by atoms with E-state index in [1.165, 1.54) is 19.3 Å². The maximum atomic E-state index is 2.42. The molecule has 102 valence electrons. The van der Waals surface area contributed by atoms with Gasteiger partial charge in [0.2, 0.25) is 0 Å².